The summed E-state index contributed by atoms with van der Waals surface area (Å²) in [6, 6.07) is 15.4. The zero-order valence-electron chi connectivity index (χ0n) is 15.5. The van der Waals surface area contributed by atoms with Crippen LogP contribution in [0.15, 0.2) is 48.5 Å². The third kappa shape index (κ3) is 6.42. The van der Waals surface area contributed by atoms with E-state index in [9.17, 15) is 4.79 Å². The van der Waals surface area contributed by atoms with E-state index in [4.69, 9.17) is 16.3 Å². The van der Waals surface area contributed by atoms with Gasteiger partial charge in [0.25, 0.3) is 0 Å². The average molecular weight is 409 g/mol. The van der Waals surface area contributed by atoms with Crippen LogP contribution < -0.4 is 10.1 Å². The molecule has 1 N–H and O–H groups in total. The quantitative estimate of drug-likeness (QED) is 0.753. The number of carbonyl (C=O) groups is 1. The fourth-order valence-electron chi connectivity index (χ4n) is 3.34. The second-order valence-electron chi connectivity index (χ2n) is 6.79. The summed E-state index contributed by atoms with van der Waals surface area (Å²) in [6.07, 6.45) is 1.50. The number of nitrogens with one attached hydrogen (secondary N) is 1. The summed E-state index contributed by atoms with van der Waals surface area (Å²) < 4.78 is 5.85. The number of halogens is 2. The van der Waals surface area contributed by atoms with Gasteiger partial charge in [-0.1, -0.05) is 35.9 Å². The molecule has 1 unspecified atom stereocenters. The molecule has 1 fully saturated rings. The predicted molar refractivity (Wildman–Crippen MR) is 112 cm³/mol. The molecule has 1 aliphatic heterocycles. The van der Waals surface area contributed by atoms with Gasteiger partial charge in [-0.3, -0.25) is 4.79 Å². The minimum absolute atomic E-state index is 0. The van der Waals surface area contributed by atoms with Crippen molar-refractivity contribution in [1.82, 2.24) is 10.2 Å². The molecule has 6 heteroatoms. The summed E-state index contributed by atoms with van der Waals surface area (Å²) in [6.45, 7) is 3.13. The molecule has 1 heterocycles. The van der Waals surface area contributed by atoms with Crippen LogP contribution in [0.1, 0.15) is 17.5 Å². The van der Waals surface area contributed by atoms with Crippen molar-refractivity contribution >= 4 is 29.9 Å². The standard InChI is InChI=1S/C21H25ClN2O2.ClH/c1-23-13-18-8-9-24(14-18)21(25)12-16-4-3-7-20(11-16)26-15-17-5-2-6-19(22)10-17;/h2-7,10-11,18,23H,8-9,12-15H2,1H3;1H. The maximum absolute atomic E-state index is 12.5. The van der Waals surface area contributed by atoms with Gasteiger partial charge in [-0.25, -0.2) is 0 Å². The number of likely N-dealkylation sites (tertiary alicyclic amines) is 1. The molecular weight excluding hydrogens is 383 g/mol. The Kier molecular flexibility index (Phi) is 8.42. The maximum Gasteiger partial charge on any atom is 0.227 e. The number of ether oxygens (including phenoxy) is 1. The van der Waals surface area contributed by atoms with E-state index in [1.165, 1.54) is 0 Å². The van der Waals surface area contributed by atoms with Crippen LogP contribution in [0.4, 0.5) is 0 Å². The molecule has 0 bridgehead atoms. The van der Waals surface area contributed by atoms with E-state index in [1.54, 1.807) is 0 Å². The molecule has 0 spiro atoms. The van der Waals surface area contributed by atoms with E-state index in [0.29, 0.717) is 24.0 Å². The zero-order valence-corrected chi connectivity index (χ0v) is 17.1. The largest absolute Gasteiger partial charge is 0.489 e. The molecule has 4 nitrogen and oxygen atoms in total. The highest BCUT2D eigenvalue weighted by Gasteiger charge is 2.25. The molecule has 1 amide bonds. The molecule has 1 saturated heterocycles. The van der Waals surface area contributed by atoms with Gasteiger partial charge in [0, 0.05) is 18.1 Å². The van der Waals surface area contributed by atoms with Crippen molar-refractivity contribution in [2.75, 3.05) is 26.7 Å². The number of nitrogens with zero attached hydrogens (tertiary/aromatic N) is 1. The Morgan fingerprint density at radius 3 is 2.78 bits per heavy atom. The van der Waals surface area contributed by atoms with Crippen molar-refractivity contribution in [1.29, 1.82) is 0 Å². The van der Waals surface area contributed by atoms with E-state index in [0.717, 1.165) is 42.9 Å². The summed E-state index contributed by atoms with van der Waals surface area (Å²) in [5.74, 6) is 1.52. The Balaban J connectivity index is 0.00000261. The number of benzene rings is 2. The van der Waals surface area contributed by atoms with Crippen molar-refractivity contribution in [2.45, 2.75) is 19.4 Å². The van der Waals surface area contributed by atoms with Crippen LogP contribution in [0.2, 0.25) is 5.02 Å². The Hall–Kier alpha value is -1.75. The van der Waals surface area contributed by atoms with E-state index >= 15 is 0 Å². The van der Waals surface area contributed by atoms with Crippen LogP contribution in [0.3, 0.4) is 0 Å². The minimum Gasteiger partial charge on any atom is -0.489 e. The molecule has 2 aromatic rings. The number of carbonyl (C=O) groups excluding carboxylic acids is 1. The molecule has 146 valence electrons. The predicted octanol–water partition coefficient (Wildman–Crippen LogP) is 3.95. The third-order valence-electron chi connectivity index (χ3n) is 4.68. The molecule has 1 atom stereocenters. The van der Waals surface area contributed by atoms with Gasteiger partial charge in [0.2, 0.25) is 5.91 Å². The van der Waals surface area contributed by atoms with Crippen molar-refractivity contribution in [2.24, 2.45) is 5.92 Å². The molecule has 0 radical (unpaired) electrons. The Morgan fingerprint density at radius 1 is 1.22 bits per heavy atom. The van der Waals surface area contributed by atoms with Crippen LogP contribution in [-0.2, 0) is 17.8 Å². The molecule has 0 aromatic heterocycles. The monoisotopic (exact) mass is 408 g/mol. The second kappa shape index (κ2) is 10.5. The van der Waals surface area contributed by atoms with Gasteiger partial charge in [-0.2, -0.15) is 0 Å². The Labute approximate surface area is 172 Å². The summed E-state index contributed by atoms with van der Waals surface area (Å²) in [7, 11) is 1.96. The SMILES string of the molecule is CNCC1CCN(C(=O)Cc2cccc(OCc3cccc(Cl)c3)c2)C1.Cl. The van der Waals surface area contributed by atoms with E-state index < -0.39 is 0 Å². The van der Waals surface area contributed by atoms with Crippen molar-refractivity contribution in [3.63, 3.8) is 0 Å². The van der Waals surface area contributed by atoms with Crippen molar-refractivity contribution < 1.29 is 9.53 Å². The smallest absolute Gasteiger partial charge is 0.227 e. The molecular formula is C21H26Cl2N2O2. The topological polar surface area (TPSA) is 41.6 Å². The van der Waals surface area contributed by atoms with Gasteiger partial charge < -0.3 is 15.0 Å². The first-order chi connectivity index (χ1) is 12.6. The van der Waals surface area contributed by atoms with E-state index in [2.05, 4.69) is 5.32 Å². The maximum atomic E-state index is 12.5. The van der Waals surface area contributed by atoms with Crippen LogP contribution in [-0.4, -0.2) is 37.5 Å². The highest BCUT2D eigenvalue weighted by Crippen LogP contribution is 2.20. The number of rotatable bonds is 7. The van der Waals surface area contributed by atoms with Crippen LogP contribution in [0, 0.1) is 5.92 Å². The Morgan fingerprint density at radius 2 is 2.00 bits per heavy atom. The molecule has 0 saturated carbocycles. The van der Waals surface area contributed by atoms with Gasteiger partial charge in [0.15, 0.2) is 0 Å². The van der Waals surface area contributed by atoms with Gasteiger partial charge in [-0.15, -0.1) is 12.4 Å². The first-order valence-electron chi connectivity index (χ1n) is 9.02. The molecule has 27 heavy (non-hydrogen) atoms. The summed E-state index contributed by atoms with van der Waals surface area (Å²) >= 11 is 6.00. The lowest BCUT2D eigenvalue weighted by Gasteiger charge is -2.17. The lowest BCUT2D eigenvalue weighted by molar-refractivity contribution is -0.129. The minimum atomic E-state index is 0. The van der Waals surface area contributed by atoms with E-state index in [-0.39, 0.29) is 18.3 Å². The van der Waals surface area contributed by atoms with E-state index in [1.807, 2.05) is 60.5 Å². The van der Waals surface area contributed by atoms with Gasteiger partial charge >= 0.3 is 0 Å². The number of hydrogen-bond donors (Lipinski definition) is 1. The highest BCUT2D eigenvalue weighted by molar-refractivity contribution is 6.30. The van der Waals surface area contributed by atoms with Gasteiger partial charge in [0.1, 0.15) is 12.4 Å². The molecule has 0 aliphatic carbocycles. The fourth-order valence-corrected chi connectivity index (χ4v) is 3.55. The number of amides is 1. The van der Waals surface area contributed by atoms with Crippen LogP contribution in [0.5, 0.6) is 5.75 Å². The molecule has 2 aromatic carbocycles. The second-order valence-corrected chi connectivity index (χ2v) is 7.23. The normalized spacial score (nSPS) is 16.1. The molecule has 1 aliphatic rings. The third-order valence-corrected chi connectivity index (χ3v) is 4.91. The fraction of sp³-hybridized carbons (Fsp3) is 0.381. The number of hydrogen-bond acceptors (Lipinski definition) is 3. The summed E-state index contributed by atoms with van der Waals surface area (Å²) in [5, 5.41) is 3.90. The van der Waals surface area contributed by atoms with Gasteiger partial charge in [-0.05, 0) is 61.3 Å². The van der Waals surface area contributed by atoms with Crippen molar-refractivity contribution in [3.8, 4) is 5.75 Å². The Bertz CT molecular complexity index is 754. The average Bonchev–Trinajstić information content (AvgIpc) is 3.10. The van der Waals surface area contributed by atoms with Crippen LogP contribution >= 0.6 is 24.0 Å². The van der Waals surface area contributed by atoms with Crippen LogP contribution in [0.25, 0.3) is 0 Å². The zero-order chi connectivity index (χ0) is 18.4. The molecule has 3 rings (SSSR count). The lowest BCUT2D eigenvalue weighted by atomic mass is 10.1. The highest BCUT2D eigenvalue weighted by atomic mass is 35.5. The summed E-state index contributed by atoms with van der Waals surface area (Å²) in [5.41, 5.74) is 2.00. The van der Waals surface area contributed by atoms with Gasteiger partial charge in [0.05, 0.1) is 6.42 Å². The summed E-state index contributed by atoms with van der Waals surface area (Å²) in [4.78, 5) is 14.5. The first kappa shape index (κ1) is 21.5. The van der Waals surface area contributed by atoms with Crippen molar-refractivity contribution in [3.05, 3.63) is 64.7 Å². The first-order valence-corrected chi connectivity index (χ1v) is 9.40. The lowest BCUT2D eigenvalue weighted by Crippen LogP contribution is -2.31.